The van der Waals surface area contributed by atoms with Crippen LogP contribution in [0.15, 0.2) is 48.5 Å². The summed E-state index contributed by atoms with van der Waals surface area (Å²) < 4.78 is 16.5. The van der Waals surface area contributed by atoms with Gasteiger partial charge >= 0.3 is 0 Å². The van der Waals surface area contributed by atoms with Crippen molar-refractivity contribution in [3.05, 3.63) is 54.1 Å². The summed E-state index contributed by atoms with van der Waals surface area (Å²) in [5.41, 5.74) is 1.18. The third kappa shape index (κ3) is 7.21. The second kappa shape index (κ2) is 11.1. The Hall–Kier alpha value is -2.69. The van der Waals surface area contributed by atoms with Crippen LogP contribution in [0.25, 0.3) is 0 Å². The molecule has 2 rings (SSSR count). The van der Waals surface area contributed by atoms with Crippen LogP contribution in [0.3, 0.4) is 0 Å². The van der Waals surface area contributed by atoms with Gasteiger partial charge in [-0.3, -0.25) is 4.79 Å². The first-order valence-corrected chi connectivity index (χ1v) is 9.35. The average molecular weight is 371 g/mol. The second-order valence-corrected chi connectivity index (χ2v) is 6.52. The molecule has 1 N–H and O–H groups in total. The monoisotopic (exact) mass is 371 g/mol. The Balaban J connectivity index is 1.58. The third-order valence-electron chi connectivity index (χ3n) is 4.10. The highest BCUT2D eigenvalue weighted by Crippen LogP contribution is 2.25. The van der Waals surface area contributed by atoms with Gasteiger partial charge in [-0.25, -0.2) is 0 Å². The first-order valence-electron chi connectivity index (χ1n) is 9.35. The molecule has 0 aliphatic carbocycles. The molecule has 0 heterocycles. The number of rotatable bonds is 11. The normalized spacial score (nSPS) is 10.5. The van der Waals surface area contributed by atoms with E-state index in [0.717, 1.165) is 17.2 Å². The number of hydrogen-bond donors (Lipinski definition) is 1. The van der Waals surface area contributed by atoms with Crippen molar-refractivity contribution < 1.29 is 19.0 Å². The molecule has 0 saturated heterocycles. The minimum absolute atomic E-state index is 0.00840. The Morgan fingerprint density at radius 1 is 0.963 bits per heavy atom. The van der Waals surface area contributed by atoms with Crippen molar-refractivity contribution in [3.63, 3.8) is 0 Å². The summed E-state index contributed by atoms with van der Waals surface area (Å²) in [6.07, 6.45) is 1.09. The minimum Gasteiger partial charge on any atom is -0.497 e. The Morgan fingerprint density at radius 3 is 2.37 bits per heavy atom. The fourth-order valence-corrected chi connectivity index (χ4v) is 2.62. The number of methoxy groups -OCH3 is 1. The lowest BCUT2D eigenvalue weighted by Gasteiger charge is -2.14. The van der Waals surface area contributed by atoms with Crippen LogP contribution >= 0.6 is 0 Å². The fraction of sp³-hybridized carbons (Fsp3) is 0.409. The summed E-state index contributed by atoms with van der Waals surface area (Å²) in [5, 5.41) is 2.88. The van der Waals surface area contributed by atoms with E-state index in [9.17, 15) is 4.79 Å². The summed E-state index contributed by atoms with van der Waals surface area (Å²) >= 11 is 0. The predicted octanol–water partition coefficient (Wildman–Crippen LogP) is 4.17. The smallest absolute Gasteiger partial charge is 0.220 e. The van der Waals surface area contributed by atoms with Gasteiger partial charge in [0.25, 0.3) is 0 Å². The van der Waals surface area contributed by atoms with Gasteiger partial charge in [-0.2, -0.15) is 0 Å². The molecule has 0 fully saturated rings. The van der Waals surface area contributed by atoms with E-state index >= 15 is 0 Å². The molecule has 146 valence electrons. The van der Waals surface area contributed by atoms with Gasteiger partial charge in [-0.15, -0.1) is 0 Å². The van der Waals surface area contributed by atoms with E-state index in [1.165, 1.54) is 5.56 Å². The van der Waals surface area contributed by atoms with Crippen LogP contribution in [0.1, 0.15) is 38.2 Å². The van der Waals surface area contributed by atoms with E-state index in [2.05, 4.69) is 25.2 Å². The maximum atomic E-state index is 11.9. The number of carbonyl (C=O) groups is 1. The van der Waals surface area contributed by atoms with Gasteiger partial charge in [0.05, 0.1) is 20.3 Å². The van der Waals surface area contributed by atoms with E-state index in [0.29, 0.717) is 38.5 Å². The number of amides is 1. The van der Waals surface area contributed by atoms with Gasteiger partial charge in [-0.05, 0) is 48.2 Å². The average Bonchev–Trinajstić information content (AvgIpc) is 2.69. The second-order valence-electron chi connectivity index (χ2n) is 6.52. The van der Waals surface area contributed by atoms with Crippen molar-refractivity contribution in [2.24, 2.45) is 0 Å². The van der Waals surface area contributed by atoms with Crippen molar-refractivity contribution in [2.45, 2.75) is 32.6 Å². The van der Waals surface area contributed by atoms with Crippen molar-refractivity contribution in [3.8, 4) is 17.2 Å². The first-order chi connectivity index (χ1) is 13.1. The number of carbonyl (C=O) groups excluding carboxylic acids is 1. The number of ether oxygens (including phenoxy) is 3. The van der Waals surface area contributed by atoms with Gasteiger partial charge in [0.15, 0.2) is 0 Å². The zero-order valence-electron chi connectivity index (χ0n) is 16.4. The van der Waals surface area contributed by atoms with Gasteiger partial charge in [0, 0.05) is 6.42 Å². The van der Waals surface area contributed by atoms with E-state index in [1.54, 1.807) is 7.11 Å². The molecule has 0 radical (unpaired) electrons. The molecule has 5 heteroatoms. The molecule has 0 bridgehead atoms. The quantitative estimate of drug-likeness (QED) is 0.602. The molecule has 0 atom stereocenters. The lowest BCUT2D eigenvalue weighted by Crippen LogP contribution is -2.28. The molecule has 0 spiro atoms. The van der Waals surface area contributed by atoms with Crippen molar-refractivity contribution in [1.29, 1.82) is 0 Å². The van der Waals surface area contributed by atoms with Gasteiger partial charge in [0.1, 0.15) is 23.9 Å². The van der Waals surface area contributed by atoms with Crippen molar-refractivity contribution in [2.75, 3.05) is 26.9 Å². The maximum Gasteiger partial charge on any atom is 0.220 e. The molecule has 0 aromatic heterocycles. The van der Waals surface area contributed by atoms with Gasteiger partial charge in [-0.1, -0.05) is 32.0 Å². The molecule has 0 saturated carbocycles. The van der Waals surface area contributed by atoms with Crippen LogP contribution in [0.4, 0.5) is 0 Å². The van der Waals surface area contributed by atoms with E-state index < -0.39 is 0 Å². The third-order valence-corrected chi connectivity index (χ3v) is 4.10. The van der Waals surface area contributed by atoms with Crippen molar-refractivity contribution >= 4 is 5.91 Å². The Kier molecular flexibility index (Phi) is 8.49. The summed E-state index contributed by atoms with van der Waals surface area (Å²) in [4.78, 5) is 11.9. The van der Waals surface area contributed by atoms with Crippen LogP contribution in [-0.4, -0.2) is 32.8 Å². The maximum absolute atomic E-state index is 11.9. The Labute approximate surface area is 161 Å². The van der Waals surface area contributed by atoms with Crippen molar-refractivity contribution in [1.82, 2.24) is 5.32 Å². The molecular weight excluding hydrogens is 342 g/mol. The first kappa shape index (κ1) is 20.6. The number of hydrogen-bond acceptors (Lipinski definition) is 4. The molecule has 5 nitrogen and oxygen atoms in total. The molecule has 27 heavy (non-hydrogen) atoms. The van der Waals surface area contributed by atoms with Gasteiger partial charge in [0.2, 0.25) is 5.91 Å². The Bertz CT molecular complexity index is 698. The zero-order chi connectivity index (χ0) is 19.5. The molecule has 0 unspecified atom stereocenters. The van der Waals surface area contributed by atoms with Crippen LogP contribution in [0, 0.1) is 0 Å². The minimum atomic E-state index is 0.00840. The van der Waals surface area contributed by atoms with E-state index in [4.69, 9.17) is 14.2 Å². The highest BCUT2D eigenvalue weighted by molar-refractivity contribution is 5.75. The summed E-state index contributed by atoms with van der Waals surface area (Å²) in [6.45, 7) is 5.72. The van der Waals surface area contributed by atoms with Crippen LogP contribution in [0.5, 0.6) is 17.2 Å². The summed E-state index contributed by atoms with van der Waals surface area (Å²) in [6, 6.07) is 15.4. The highest BCUT2D eigenvalue weighted by Gasteiger charge is 2.07. The topological polar surface area (TPSA) is 56.8 Å². The lowest BCUT2D eigenvalue weighted by molar-refractivity contribution is -0.121. The van der Waals surface area contributed by atoms with Crippen LogP contribution < -0.4 is 19.5 Å². The van der Waals surface area contributed by atoms with Gasteiger partial charge < -0.3 is 19.5 Å². The molecule has 2 aromatic rings. The standard InChI is InChI=1S/C22H29NO4/c1-17(2)20-7-4-5-8-21(20)27-16-14-23-22(24)9-6-15-26-19-12-10-18(25-3)11-13-19/h4-5,7-8,10-13,17H,6,9,14-16H2,1-3H3,(H,23,24). The number of para-hydroxylation sites is 1. The fourth-order valence-electron chi connectivity index (χ4n) is 2.62. The Morgan fingerprint density at radius 2 is 1.67 bits per heavy atom. The number of nitrogens with one attached hydrogen (secondary N) is 1. The van der Waals surface area contributed by atoms with E-state index in [1.807, 2.05) is 42.5 Å². The van der Waals surface area contributed by atoms with Crippen LogP contribution in [0.2, 0.25) is 0 Å². The molecule has 1 amide bonds. The predicted molar refractivity (Wildman–Crippen MR) is 107 cm³/mol. The lowest BCUT2D eigenvalue weighted by atomic mass is 10.0. The SMILES string of the molecule is COc1ccc(OCCCC(=O)NCCOc2ccccc2C(C)C)cc1. The number of benzene rings is 2. The van der Waals surface area contributed by atoms with E-state index in [-0.39, 0.29) is 5.91 Å². The molecule has 0 aliphatic rings. The zero-order valence-corrected chi connectivity index (χ0v) is 16.4. The highest BCUT2D eigenvalue weighted by atomic mass is 16.5. The molecular formula is C22H29NO4. The summed E-state index contributed by atoms with van der Waals surface area (Å²) in [5.74, 6) is 2.86. The largest absolute Gasteiger partial charge is 0.497 e. The molecule has 2 aromatic carbocycles. The van der Waals surface area contributed by atoms with Crippen LogP contribution in [-0.2, 0) is 4.79 Å². The summed E-state index contributed by atoms with van der Waals surface area (Å²) in [7, 11) is 1.63. The molecule has 0 aliphatic heterocycles.